The fourth-order valence-corrected chi connectivity index (χ4v) is 5.79. The van der Waals surface area contributed by atoms with Gasteiger partial charge in [0.1, 0.15) is 16.8 Å². The molecule has 220 valence electrons. The van der Waals surface area contributed by atoms with Crippen LogP contribution < -0.4 is 10.0 Å². The van der Waals surface area contributed by atoms with Gasteiger partial charge in [0.15, 0.2) is 11.4 Å². The third kappa shape index (κ3) is 5.60. The molecule has 0 atom stereocenters. The smallest absolute Gasteiger partial charge is 0.455 e. The first-order chi connectivity index (χ1) is 19.9. The molecule has 0 unspecified atom stereocenters. The number of pyridine rings is 1. The summed E-state index contributed by atoms with van der Waals surface area (Å²) in [4.78, 5) is 21.7. The number of nitrogens with zero attached hydrogens (tertiary/aromatic N) is 3. The Bertz CT molecular complexity index is 1920. The number of nitrogens with one attached hydrogen (secondary N) is 2. The van der Waals surface area contributed by atoms with E-state index in [0.717, 1.165) is 29.5 Å². The summed E-state index contributed by atoms with van der Waals surface area (Å²) in [5.74, 6) is -0.105. The number of imidazole rings is 1. The van der Waals surface area contributed by atoms with Gasteiger partial charge < -0.3 is 14.3 Å². The lowest BCUT2D eigenvalue weighted by molar-refractivity contribution is -0.0429. The van der Waals surface area contributed by atoms with Gasteiger partial charge in [0.05, 0.1) is 23.0 Å². The van der Waals surface area contributed by atoms with Crippen molar-refractivity contribution >= 4 is 59.7 Å². The summed E-state index contributed by atoms with van der Waals surface area (Å²) in [7, 11) is -5.64. The standard InChI is InChI=1S/C28H25BrF3N5O4S/c1-3-7-17-13-21(27(38)33-4-2)35-26-24(17)34-15-37(26)14-16-10-11-22-19(12-16)23(29)25(41-22)18-8-5-6-9-20(18)36-42(39,40)28(30,31)32/h5-6,8-13,15,36H,3-4,7,14H2,1-2H3,(H,33,38). The van der Waals surface area contributed by atoms with Gasteiger partial charge in [-0.2, -0.15) is 21.6 Å². The largest absolute Gasteiger partial charge is 0.516 e. The highest BCUT2D eigenvalue weighted by Crippen LogP contribution is 2.42. The van der Waals surface area contributed by atoms with E-state index < -0.39 is 15.5 Å². The number of fused-ring (bicyclic) bond motifs is 2. The van der Waals surface area contributed by atoms with E-state index in [4.69, 9.17) is 4.42 Å². The summed E-state index contributed by atoms with van der Waals surface area (Å²) in [6, 6.07) is 12.8. The monoisotopic (exact) mass is 663 g/mol. The van der Waals surface area contributed by atoms with Crippen LogP contribution in [0.5, 0.6) is 0 Å². The van der Waals surface area contributed by atoms with Crippen molar-refractivity contribution in [1.29, 1.82) is 0 Å². The molecule has 1 amide bonds. The van der Waals surface area contributed by atoms with Crippen LogP contribution in [0, 0.1) is 0 Å². The van der Waals surface area contributed by atoms with Crippen LogP contribution in [-0.4, -0.2) is 40.9 Å². The number of aryl methyl sites for hydroxylation is 1. The number of furan rings is 1. The van der Waals surface area contributed by atoms with Crippen molar-refractivity contribution in [1.82, 2.24) is 19.9 Å². The number of carbonyl (C=O) groups excluding carboxylic acids is 1. The van der Waals surface area contributed by atoms with Crippen LogP contribution in [0.4, 0.5) is 18.9 Å². The van der Waals surface area contributed by atoms with Gasteiger partial charge in [-0.15, -0.1) is 0 Å². The second kappa shape index (κ2) is 11.4. The van der Waals surface area contributed by atoms with Gasteiger partial charge in [0.25, 0.3) is 5.91 Å². The minimum atomic E-state index is -5.64. The molecule has 0 bridgehead atoms. The maximum absolute atomic E-state index is 13.0. The first-order valence-electron chi connectivity index (χ1n) is 13.0. The molecule has 0 spiro atoms. The van der Waals surface area contributed by atoms with E-state index in [1.165, 1.54) is 18.2 Å². The van der Waals surface area contributed by atoms with Crippen molar-refractivity contribution in [2.24, 2.45) is 0 Å². The first kappa shape index (κ1) is 29.6. The summed E-state index contributed by atoms with van der Waals surface area (Å²) in [5.41, 5.74) is -1.83. The molecule has 5 rings (SSSR count). The maximum Gasteiger partial charge on any atom is 0.516 e. The van der Waals surface area contributed by atoms with E-state index in [9.17, 15) is 26.4 Å². The predicted octanol–water partition coefficient (Wildman–Crippen LogP) is 6.62. The number of anilines is 1. The van der Waals surface area contributed by atoms with E-state index >= 15 is 0 Å². The number of para-hydroxylation sites is 1. The van der Waals surface area contributed by atoms with Crippen LogP contribution in [0.3, 0.4) is 0 Å². The minimum absolute atomic E-state index is 0.126. The topological polar surface area (TPSA) is 119 Å². The average molecular weight is 665 g/mol. The molecule has 2 aromatic carbocycles. The van der Waals surface area contributed by atoms with Gasteiger partial charge in [0, 0.05) is 17.5 Å². The summed E-state index contributed by atoms with van der Waals surface area (Å²) >= 11 is 3.49. The third-order valence-corrected chi connectivity index (χ3v) is 8.39. The zero-order valence-electron chi connectivity index (χ0n) is 22.4. The molecular weight excluding hydrogens is 639 g/mol. The molecule has 5 aromatic rings. The van der Waals surface area contributed by atoms with E-state index in [2.05, 4.69) is 31.2 Å². The molecule has 9 nitrogen and oxygen atoms in total. The normalized spacial score (nSPS) is 12.2. The SMILES string of the molecule is CCCc1cc(C(=O)NCC)nc2c1ncn2Cc1ccc2oc(-c3ccccc3NS(=O)(=O)C(F)(F)F)c(Br)c2c1. The molecule has 42 heavy (non-hydrogen) atoms. The van der Waals surface area contributed by atoms with E-state index in [0.29, 0.717) is 39.9 Å². The van der Waals surface area contributed by atoms with Crippen LogP contribution in [-0.2, 0) is 23.0 Å². The van der Waals surface area contributed by atoms with Crippen molar-refractivity contribution < 1.29 is 30.8 Å². The van der Waals surface area contributed by atoms with Gasteiger partial charge in [-0.1, -0.05) is 31.5 Å². The van der Waals surface area contributed by atoms with Crippen LogP contribution in [0.25, 0.3) is 33.5 Å². The zero-order chi connectivity index (χ0) is 30.2. The summed E-state index contributed by atoms with van der Waals surface area (Å²) in [6.45, 7) is 4.72. The van der Waals surface area contributed by atoms with Crippen molar-refractivity contribution in [3.05, 3.63) is 76.2 Å². The van der Waals surface area contributed by atoms with E-state index in [1.807, 2.05) is 30.5 Å². The number of hydrogen-bond donors (Lipinski definition) is 2. The second-order valence-electron chi connectivity index (χ2n) is 9.49. The predicted molar refractivity (Wildman–Crippen MR) is 157 cm³/mol. The van der Waals surface area contributed by atoms with Gasteiger partial charge >= 0.3 is 15.5 Å². The Balaban J connectivity index is 1.52. The highest BCUT2D eigenvalue weighted by Gasteiger charge is 2.46. The molecule has 3 heterocycles. The summed E-state index contributed by atoms with van der Waals surface area (Å²) in [5, 5.41) is 3.41. The summed E-state index contributed by atoms with van der Waals surface area (Å²) < 4.78 is 72.5. The fraction of sp³-hybridized carbons (Fsp3) is 0.250. The first-order valence-corrected chi connectivity index (χ1v) is 15.2. The Morgan fingerprint density at radius 1 is 1.12 bits per heavy atom. The molecule has 0 aliphatic rings. The van der Waals surface area contributed by atoms with Crippen molar-refractivity contribution in [3.8, 4) is 11.3 Å². The third-order valence-electron chi connectivity index (χ3n) is 6.51. The highest BCUT2D eigenvalue weighted by molar-refractivity contribution is 9.10. The number of amides is 1. The highest BCUT2D eigenvalue weighted by atomic mass is 79.9. The quantitative estimate of drug-likeness (QED) is 0.183. The van der Waals surface area contributed by atoms with Crippen molar-refractivity contribution in [3.63, 3.8) is 0 Å². The number of benzene rings is 2. The van der Waals surface area contributed by atoms with Crippen molar-refractivity contribution in [2.45, 2.75) is 38.7 Å². The molecule has 0 saturated carbocycles. The van der Waals surface area contributed by atoms with E-state index in [1.54, 1.807) is 29.2 Å². The molecule has 0 aliphatic carbocycles. The maximum atomic E-state index is 13.0. The fourth-order valence-electron chi connectivity index (χ4n) is 4.60. The number of rotatable bonds is 9. The number of halogens is 4. The number of carbonyl (C=O) groups is 1. The summed E-state index contributed by atoms with van der Waals surface area (Å²) in [6.07, 6.45) is 3.27. The lowest BCUT2D eigenvalue weighted by Gasteiger charge is -2.13. The second-order valence-corrected chi connectivity index (χ2v) is 12.0. The average Bonchev–Trinajstić information content (AvgIpc) is 3.49. The van der Waals surface area contributed by atoms with Crippen LogP contribution >= 0.6 is 15.9 Å². The number of aromatic nitrogens is 3. The molecule has 0 aliphatic heterocycles. The van der Waals surface area contributed by atoms with Gasteiger partial charge in [0.2, 0.25) is 0 Å². The molecular formula is C28H25BrF3N5O4S. The molecule has 3 aromatic heterocycles. The Hall–Kier alpha value is -3.91. The van der Waals surface area contributed by atoms with E-state index in [-0.39, 0.29) is 22.9 Å². The molecule has 0 saturated heterocycles. The van der Waals surface area contributed by atoms with Gasteiger partial charge in [-0.3, -0.25) is 9.52 Å². The zero-order valence-corrected chi connectivity index (χ0v) is 24.8. The molecule has 2 N–H and O–H groups in total. The van der Waals surface area contributed by atoms with Crippen molar-refractivity contribution in [2.75, 3.05) is 11.3 Å². The Morgan fingerprint density at radius 2 is 1.88 bits per heavy atom. The van der Waals surface area contributed by atoms with Crippen LogP contribution in [0.15, 0.2) is 63.7 Å². The number of sulfonamides is 1. The van der Waals surface area contributed by atoms with Gasteiger partial charge in [-0.25, -0.2) is 9.97 Å². The Morgan fingerprint density at radius 3 is 2.60 bits per heavy atom. The molecule has 0 fully saturated rings. The Labute approximate surface area is 247 Å². The van der Waals surface area contributed by atoms with Crippen LogP contribution in [0.2, 0.25) is 0 Å². The number of alkyl halides is 3. The number of hydrogen-bond acceptors (Lipinski definition) is 6. The Kier molecular flexibility index (Phi) is 8.03. The lowest BCUT2D eigenvalue weighted by atomic mass is 10.1. The lowest BCUT2D eigenvalue weighted by Crippen LogP contribution is -2.30. The van der Waals surface area contributed by atoms with Gasteiger partial charge in [-0.05, 0) is 70.7 Å². The molecule has 14 heteroatoms. The molecule has 0 radical (unpaired) electrons. The minimum Gasteiger partial charge on any atom is -0.455 e. The van der Waals surface area contributed by atoms with Crippen LogP contribution in [0.1, 0.15) is 41.9 Å².